The molecule has 1 aliphatic rings. The average molecular weight is 528 g/mol. The molecule has 2 aromatic carbocycles. The summed E-state index contributed by atoms with van der Waals surface area (Å²) in [4.78, 5) is 17.2. The topological polar surface area (TPSA) is 67.4 Å². The van der Waals surface area contributed by atoms with E-state index in [-0.39, 0.29) is 5.91 Å². The number of nitrogens with zero attached hydrogens (tertiary/aromatic N) is 5. The number of aromatic nitrogens is 3. The minimum Gasteiger partial charge on any atom is -0.461 e. The van der Waals surface area contributed by atoms with Crippen molar-refractivity contribution in [3.63, 3.8) is 0 Å². The largest absolute Gasteiger partial charge is 0.461 e. The van der Waals surface area contributed by atoms with E-state index in [1.807, 2.05) is 39.8 Å². The van der Waals surface area contributed by atoms with Gasteiger partial charge in [0.2, 0.25) is 11.7 Å². The summed E-state index contributed by atoms with van der Waals surface area (Å²) in [7, 11) is 0. The third-order valence-electron chi connectivity index (χ3n) is 6.60. The molecular weight excluding hydrogens is 494 g/mol. The first-order chi connectivity index (χ1) is 18.7. The monoisotopic (exact) mass is 527 g/mol. The number of piperazine rings is 1. The first-order valence-corrected chi connectivity index (χ1v) is 14.1. The van der Waals surface area contributed by atoms with Crippen LogP contribution >= 0.6 is 11.8 Å². The molecule has 0 spiro atoms. The number of carbonyl (C=O) groups excluding carboxylic acids is 1. The van der Waals surface area contributed by atoms with Crippen LogP contribution in [0.25, 0.3) is 23.3 Å². The molecule has 0 unspecified atom stereocenters. The van der Waals surface area contributed by atoms with Crippen LogP contribution < -0.4 is 0 Å². The highest BCUT2D eigenvalue weighted by Gasteiger charge is 2.21. The van der Waals surface area contributed by atoms with E-state index in [1.54, 1.807) is 18.0 Å². The highest BCUT2D eigenvalue weighted by atomic mass is 32.2. The molecule has 5 rings (SSSR count). The fourth-order valence-electron chi connectivity index (χ4n) is 4.56. The van der Waals surface area contributed by atoms with E-state index in [1.165, 1.54) is 5.56 Å². The fourth-order valence-corrected chi connectivity index (χ4v) is 5.45. The summed E-state index contributed by atoms with van der Waals surface area (Å²) in [6.45, 7) is 6.39. The molecule has 0 bridgehead atoms. The summed E-state index contributed by atoms with van der Waals surface area (Å²) in [6.07, 6.45) is 7.35. The molecule has 7 nitrogen and oxygen atoms in total. The first kappa shape index (κ1) is 26.0. The van der Waals surface area contributed by atoms with E-state index < -0.39 is 0 Å². The molecule has 1 fully saturated rings. The average Bonchev–Trinajstić information content (AvgIpc) is 3.62. The van der Waals surface area contributed by atoms with Gasteiger partial charge in [-0.25, -0.2) is 0 Å². The van der Waals surface area contributed by atoms with Gasteiger partial charge in [-0.1, -0.05) is 66.4 Å². The standard InChI is InChI=1S/C30H33N5O2S/c1-24-9-5-13-26(23-24)35-29(27-14-7-21-37-27)31-32-30(35)38-22-8-15-28(36)34-19-17-33(18-20-34)16-6-12-25-10-3-2-4-11-25/h2-7,9-14,21,23H,8,15-20,22H2,1H3/b12-6+. The maximum atomic E-state index is 12.8. The van der Waals surface area contributed by atoms with Gasteiger partial charge in [0, 0.05) is 44.9 Å². The lowest BCUT2D eigenvalue weighted by molar-refractivity contribution is -0.132. The number of benzene rings is 2. The Hall–Kier alpha value is -3.62. The minimum absolute atomic E-state index is 0.238. The lowest BCUT2D eigenvalue weighted by Gasteiger charge is -2.34. The summed E-state index contributed by atoms with van der Waals surface area (Å²) in [6, 6.07) is 22.4. The zero-order chi connectivity index (χ0) is 26.2. The van der Waals surface area contributed by atoms with Gasteiger partial charge in [-0.2, -0.15) is 0 Å². The third kappa shape index (κ3) is 6.62. The molecule has 0 N–H and O–H groups in total. The SMILES string of the molecule is Cc1cccc(-n2c(SCCCC(=O)N3CCN(C/C=C/c4ccccc4)CC3)nnc2-c2ccco2)c1. The zero-order valence-corrected chi connectivity index (χ0v) is 22.5. The Morgan fingerprint density at radius 1 is 1.00 bits per heavy atom. The normalized spacial score (nSPS) is 14.4. The van der Waals surface area contributed by atoms with Crippen molar-refractivity contribution < 1.29 is 9.21 Å². The Morgan fingerprint density at radius 3 is 2.61 bits per heavy atom. The van der Waals surface area contributed by atoms with Crippen LogP contribution in [0.4, 0.5) is 0 Å². The molecule has 1 amide bonds. The number of carbonyl (C=O) groups is 1. The first-order valence-electron chi connectivity index (χ1n) is 13.1. The van der Waals surface area contributed by atoms with Crippen molar-refractivity contribution in [3.8, 4) is 17.3 Å². The lowest BCUT2D eigenvalue weighted by Crippen LogP contribution is -2.48. The second-order valence-corrected chi connectivity index (χ2v) is 10.5. The van der Waals surface area contributed by atoms with Crippen LogP contribution in [-0.4, -0.2) is 68.9 Å². The van der Waals surface area contributed by atoms with Crippen LogP contribution in [0.2, 0.25) is 0 Å². The van der Waals surface area contributed by atoms with Gasteiger partial charge in [-0.3, -0.25) is 14.3 Å². The number of amides is 1. The number of hydrogen-bond acceptors (Lipinski definition) is 6. The summed E-state index contributed by atoms with van der Waals surface area (Å²) >= 11 is 1.62. The van der Waals surface area contributed by atoms with Gasteiger partial charge in [0.1, 0.15) is 0 Å². The smallest absolute Gasteiger partial charge is 0.222 e. The molecule has 0 atom stereocenters. The second kappa shape index (κ2) is 12.8. The van der Waals surface area contributed by atoms with E-state index >= 15 is 0 Å². The van der Waals surface area contributed by atoms with Crippen LogP contribution in [0, 0.1) is 6.92 Å². The van der Waals surface area contributed by atoms with Crippen molar-refractivity contribution in [3.05, 3.63) is 90.2 Å². The molecule has 0 saturated carbocycles. The van der Waals surface area contributed by atoms with Crippen molar-refractivity contribution in [1.29, 1.82) is 0 Å². The summed E-state index contributed by atoms with van der Waals surface area (Å²) in [5.41, 5.74) is 3.38. The van der Waals surface area contributed by atoms with E-state index in [4.69, 9.17) is 4.42 Å². The molecule has 2 aromatic heterocycles. The van der Waals surface area contributed by atoms with Crippen molar-refractivity contribution in [2.24, 2.45) is 0 Å². The lowest BCUT2D eigenvalue weighted by atomic mass is 10.2. The predicted molar refractivity (Wildman–Crippen MR) is 152 cm³/mol. The van der Waals surface area contributed by atoms with Crippen LogP contribution in [-0.2, 0) is 4.79 Å². The maximum absolute atomic E-state index is 12.8. The number of aryl methyl sites for hydroxylation is 1. The number of hydrogen-bond donors (Lipinski definition) is 0. The Morgan fingerprint density at radius 2 is 1.84 bits per heavy atom. The molecule has 0 aliphatic carbocycles. The molecule has 4 aromatic rings. The molecular formula is C30H33N5O2S. The van der Waals surface area contributed by atoms with Crippen LogP contribution in [0.1, 0.15) is 24.0 Å². The maximum Gasteiger partial charge on any atom is 0.222 e. The van der Waals surface area contributed by atoms with E-state index in [2.05, 4.69) is 70.6 Å². The number of thioether (sulfide) groups is 1. The fraction of sp³-hybridized carbons (Fsp3) is 0.300. The highest BCUT2D eigenvalue weighted by Crippen LogP contribution is 2.29. The zero-order valence-electron chi connectivity index (χ0n) is 21.7. The van der Waals surface area contributed by atoms with Crippen LogP contribution in [0.5, 0.6) is 0 Å². The Balaban J connectivity index is 1.10. The highest BCUT2D eigenvalue weighted by molar-refractivity contribution is 7.99. The second-order valence-electron chi connectivity index (χ2n) is 9.40. The molecule has 0 radical (unpaired) electrons. The van der Waals surface area contributed by atoms with Crippen LogP contribution in [0.15, 0.2) is 88.6 Å². The molecule has 8 heteroatoms. The van der Waals surface area contributed by atoms with E-state index in [0.717, 1.165) is 61.3 Å². The van der Waals surface area contributed by atoms with Crippen molar-refractivity contribution >= 4 is 23.7 Å². The molecule has 1 saturated heterocycles. The van der Waals surface area contributed by atoms with E-state index in [0.29, 0.717) is 18.0 Å². The van der Waals surface area contributed by atoms with Crippen molar-refractivity contribution in [1.82, 2.24) is 24.6 Å². The Bertz CT molecular complexity index is 1340. The minimum atomic E-state index is 0.238. The summed E-state index contributed by atoms with van der Waals surface area (Å²) in [5, 5.41) is 9.66. The molecule has 3 heterocycles. The molecule has 38 heavy (non-hydrogen) atoms. The van der Waals surface area contributed by atoms with Crippen molar-refractivity contribution in [2.75, 3.05) is 38.5 Å². The van der Waals surface area contributed by atoms with Gasteiger partial charge >= 0.3 is 0 Å². The van der Waals surface area contributed by atoms with E-state index in [9.17, 15) is 4.79 Å². The third-order valence-corrected chi connectivity index (χ3v) is 7.61. The molecule has 196 valence electrons. The quantitative estimate of drug-likeness (QED) is 0.199. The van der Waals surface area contributed by atoms with Gasteiger partial charge in [-0.05, 0) is 48.7 Å². The van der Waals surface area contributed by atoms with Gasteiger partial charge in [0.25, 0.3) is 0 Å². The van der Waals surface area contributed by atoms with Crippen molar-refractivity contribution in [2.45, 2.75) is 24.9 Å². The van der Waals surface area contributed by atoms with Gasteiger partial charge in [0.05, 0.1) is 12.0 Å². The summed E-state index contributed by atoms with van der Waals surface area (Å²) < 4.78 is 7.64. The Kier molecular flexibility index (Phi) is 8.73. The number of furan rings is 1. The number of rotatable bonds is 10. The van der Waals surface area contributed by atoms with Gasteiger partial charge < -0.3 is 9.32 Å². The predicted octanol–water partition coefficient (Wildman–Crippen LogP) is 5.57. The van der Waals surface area contributed by atoms with Gasteiger partial charge in [0.15, 0.2) is 10.9 Å². The molecule has 1 aliphatic heterocycles. The Labute approximate surface area is 228 Å². The van der Waals surface area contributed by atoms with Crippen LogP contribution in [0.3, 0.4) is 0 Å². The van der Waals surface area contributed by atoms with Gasteiger partial charge in [-0.15, -0.1) is 10.2 Å². The summed E-state index contributed by atoms with van der Waals surface area (Å²) in [5.74, 6) is 2.38.